The lowest BCUT2D eigenvalue weighted by molar-refractivity contribution is 0.0834. The summed E-state index contributed by atoms with van der Waals surface area (Å²) in [5.74, 6) is 0.0477. The number of carbonyl (C=O) groups excluding carboxylic acids is 1. The zero-order chi connectivity index (χ0) is 19.3. The fourth-order valence-corrected chi connectivity index (χ4v) is 5.11. The van der Waals surface area contributed by atoms with E-state index in [4.69, 9.17) is 0 Å². The summed E-state index contributed by atoms with van der Waals surface area (Å²) in [5.41, 5.74) is 6.20. The fourth-order valence-electron chi connectivity index (χ4n) is 5.11. The highest BCUT2D eigenvalue weighted by Gasteiger charge is 2.37. The van der Waals surface area contributed by atoms with Crippen molar-refractivity contribution in [2.45, 2.75) is 38.3 Å². The second-order valence-corrected chi connectivity index (χ2v) is 8.30. The van der Waals surface area contributed by atoms with Crippen LogP contribution in [0.2, 0.25) is 0 Å². The van der Waals surface area contributed by atoms with Crippen molar-refractivity contribution in [3.8, 4) is 0 Å². The van der Waals surface area contributed by atoms with E-state index in [2.05, 4.69) is 46.1 Å². The van der Waals surface area contributed by atoms with Crippen molar-refractivity contribution in [1.29, 1.82) is 0 Å². The fraction of sp³-hybridized carbons (Fsp3) is 0.375. The number of nitrogens with one attached hydrogen (secondary N) is 1. The number of carbonyl (C=O) groups is 1. The van der Waals surface area contributed by atoms with Crippen molar-refractivity contribution in [2.24, 2.45) is 7.05 Å². The van der Waals surface area contributed by atoms with Gasteiger partial charge >= 0.3 is 0 Å². The average Bonchev–Trinajstić information content (AvgIpc) is 3.01. The first-order valence-electron chi connectivity index (χ1n) is 10.3. The third-order valence-corrected chi connectivity index (χ3v) is 6.59. The first-order chi connectivity index (χ1) is 13.6. The molecule has 4 nitrogen and oxygen atoms in total. The standard InChI is InChI=1S/C24H27N3O/c1-16-7-9-17(10-8-16)24(28)25-18-11-13-27-14-12-20-19-5-3-4-6-21(19)26(2)23(20)22(27)15-18/h3-10,18,22H,11-15H2,1-2H3,(H,25,28). The molecule has 1 fully saturated rings. The number of hydrogen-bond donors (Lipinski definition) is 1. The summed E-state index contributed by atoms with van der Waals surface area (Å²) >= 11 is 0. The zero-order valence-electron chi connectivity index (χ0n) is 16.6. The smallest absolute Gasteiger partial charge is 0.251 e. The highest BCUT2D eigenvalue weighted by Crippen LogP contribution is 2.40. The average molecular weight is 374 g/mol. The van der Waals surface area contributed by atoms with Crippen molar-refractivity contribution >= 4 is 16.8 Å². The van der Waals surface area contributed by atoms with Crippen LogP contribution in [0.5, 0.6) is 0 Å². The quantitative estimate of drug-likeness (QED) is 0.738. The van der Waals surface area contributed by atoms with Crippen LogP contribution in [0.25, 0.3) is 10.9 Å². The number of amides is 1. The maximum Gasteiger partial charge on any atom is 0.251 e. The Balaban J connectivity index is 1.41. The molecule has 0 radical (unpaired) electrons. The van der Waals surface area contributed by atoms with E-state index in [1.54, 1.807) is 0 Å². The molecule has 2 aliphatic rings. The predicted octanol–water partition coefficient (Wildman–Crippen LogP) is 3.98. The van der Waals surface area contributed by atoms with E-state index in [1.807, 2.05) is 31.2 Å². The molecule has 1 saturated heterocycles. The van der Waals surface area contributed by atoms with E-state index >= 15 is 0 Å². The summed E-state index contributed by atoms with van der Waals surface area (Å²) in [6.45, 7) is 4.21. The lowest BCUT2D eigenvalue weighted by Gasteiger charge is -2.43. The highest BCUT2D eigenvalue weighted by molar-refractivity contribution is 5.94. The van der Waals surface area contributed by atoms with E-state index in [0.29, 0.717) is 6.04 Å². The number of rotatable bonds is 2. The molecular formula is C24H27N3O. The van der Waals surface area contributed by atoms with Crippen molar-refractivity contribution in [3.05, 3.63) is 70.9 Å². The minimum Gasteiger partial charge on any atom is -0.349 e. The van der Waals surface area contributed by atoms with Crippen molar-refractivity contribution in [2.75, 3.05) is 13.1 Å². The van der Waals surface area contributed by atoms with E-state index in [0.717, 1.165) is 37.9 Å². The molecule has 28 heavy (non-hydrogen) atoms. The van der Waals surface area contributed by atoms with Crippen molar-refractivity contribution in [1.82, 2.24) is 14.8 Å². The third-order valence-electron chi connectivity index (χ3n) is 6.59. The number of nitrogens with zero attached hydrogens (tertiary/aromatic N) is 2. The van der Waals surface area contributed by atoms with Gasteiger partial charge in [-0.25, -0.2) is 0 Å². The molecule has 0 saturated carbocycles. The molecule has 3 heterocycles. The van der Waals surface area contributed by atoms with Gasteiger partial charge in [0.1, 0.15) is 0 Å². The number of para-hydroxylation sites is 1. The molecule has 1 N–H and O–H groups in total. The Hall–Kier alpha value is -2.59. The minimum atomic E-state index is 0.0477. The van der Waals surface area contributed by atoms with Gasteiger partial charge in [0.05, 0.1) is 6.04 Å². The lowest BCUT2D eigenvalue weighted by atomic mass is 9.88. The minimum absolute atomic E-state index is 0.0477. The maximum absolute atomic E-state index is 12.7. The van der Waals surface area contributed by atoms with Crippen LogP contribution < -0.4 is 5.32 Å². The summed E-state index contributed by atoms with van der Waals surface area (Å²) in [4.78, 5) is 15.3. The first-order valence-corrected chi connectivity index (χ1v) is 10.3. The summed E-state index contributed by atoms with van der Waals surface area (Å²) in [5, 5.41) is 4.69. The largest absolute Gasteiger partial charge is 0.349 e. The van der Waals surface area contributed by atoms with Crippen molar-refractivity contribution in [3.63, 3.8) is 0 Å². The summed E-state index contributed by atoms with van der Waals surface area (Å²) < 4.78 is 2.38. The number of benzene rings is 2. The maximum atomic E-state index is 12.7. The van der Waals surface area contributed by atoms with Gasteiger partial charge in [-0.3, -0.25) is 9.69 Å². The number of aryl methyl sites for hydroxylation is 2. The molecule has 1 aromatic heterocycles. The van der Waals surface area contributed by atoms with Gasteiger partial charge in [0.2, 0.25) is 0 Å². The van der Waals surface area contributed by atoms with Crippen LogP contribution >= 0.6 is 0 Å². The Labute approximate surface area is 166 Å². The van der Waals surface area contributed by atoms with Gasteiger partial charge in [-0.2, -0.15) is 0 Å². The van der Waals surface area contributed by atoms with Crippen LogP contribution in [-0.2, 0) is 13.5 Å². The van der Waals surface area contributed by atoms with Crippen LogP contribution in [0.3, 0.4) is 0 Å². The van der Waals surface area contributed by atoms with Gasteiger partial charge in [-0.1, -0.05) is 35.9 Å². The SMILES string of the molecule is Cc1ccc(C(=O)NC2CCN3CCc4c(n(C)c5ccccc45)C3C2)cc1. The monoisotopic (exact) mass is 373 g/mol. The van der Waals surface area contributed by atoms with E-state index in [-0.39, 0.29) is 11.9 Å². The van der Waals surface area contributed by atoms with Gasteiger partial charge in [0.25, 0.3) is 5.91 Å². The van der Waals surface area contributed by atoms with Gasteiger partial charge < -0.3 is 9.88 Å². The topological polar surface area (TPSA) is 37.3 Å². The molecule has 3 aromatic rings. The summed E-state index contributed by atoms with van der Waals surface area (Å²) in [6.07, 6.45) is 3.12. The third kappa shape index (κ3) is 2.83. The number of fused-ring (bicyclic) bond motifs is 5. The molecule has 0 aliphatic carbocycles. The summed E-state index contributed by atoms with van der Waals surface area (Å²) in [7, 11) is 2.19. The Kier molecular flexibility index (Phi) is 4.24. The molecular weight excluding hydrogens is 346 g/mol. The lowest BCUT2D eigenvalue weighted by Crippen LogP contribution is -2.48. The van der Waals surface area contributed by atoms with Crippen LogP contribution in [0.15, 0.2) is 48.5 Å². The molecule has 1 amide bonds. The number of piperidine rings is 1. The molecule has 144 valence electrons. The van der Waals surface area contributed by atoms with E-state index in [9.17, 15) is 4.79 Å². The van der Waals surface area contributed by atoms with Gasteiger partial charge in [-0.15, -0.1) is 0 Å². The Bertz CT molecular complexity index is 1030. The number of aromatic nitrogens is 1. The first kappa shape index (κ1) is 17.5. The molecule has 2 aliphatic heterocycles. The van der Waals surface area contributed by atoms with E-state index in [1.165, 1.54) is 27.7 Å². The molecule has 2 atom stereocenters. The molecule has 2 unspecified atom stereocenters. The van der Waals surface area contributed by atoms with Gasteiger partial charge in [0.15, 0.2) is 0 Å². The second kappa shape index (κ2) is 6.78. The molecule has 4 heteroatoms. The zero-order valence-corrected chi connectivity index (χ0v) is 16.6. The van der Waals surface area contributed by atoms with Gasteiger partial charge in [0, 0.05) is 48.3 Å². The van der Waals surface area contributed by atoms with Crippen molar-refractivity contribution < 1.29 is 4.79 Å². The Morgan fingerprint density at radius 1 is 1.07 bits per heavy atom. The van der Waals surface area contributed by atoms with E-state index < -0.39 is 0 Å². The van der Waals surface area contributed by atoms with Crippen LogP contribution in [-0.4, -0.2) is 34.5 Å². The second-order valence-electron chi connectivity index (χ2n) is 8.30. The van der Waals surface area contributed by atoms with Crippen LogP contribution in [0.1, 0.15) is 46.1 Å². The summed E-state index contributed by atoms with van der Waals surface area (Å²) in [6, 6.07) is 17.2. The highest BCUT2D eigenvalue weighted by atomic mass is 16.1. The Morgan fingerprint density at radius 2 is 1.86 bits per heavy atom. The number of hydrogen-bond acceptors (Lipinski definition) is 2. The van der Waals surface area contributed by atoms with Gasteiger partial charge in [-0.05, 0) is 49.9 Å². The Morgan fingerprint density at radius 3 is 2.68 bits per heavy atom. The molecule has 2 aromatic carbocycles. The molecule has 5 rings (SSSR count). The molecule has 0 bridgehead atoms. The van der Waals surface area contributed by atoms with Crippen LogP contribution in [0.4, 0.5) is 0 Å². The molecule has 0 spiro atoms. The predicted molar refractivity (Wildman–Crippen MR) is 113 cm³/mol. The van der Waals surface area contributed by atoms with Crippen LogP contribution in [0, 0.1) is 6.92 Å². The normalized spacial score (nSPS) is 21.9.